The first kappa shape index (κ1) is 13.6. The predicted molar refractivity (Wildman–Crippen MR) is 82.2 cm³/mol. The first-order chi connectivity index (χ1) is 9.63. The third-order valence-electron chi connectivity index (χ3n) is 3.75. The summed E-state index contributed by atoms with van der Waals surface area (Å²) in [5, 5.41) is 0. The number of halogens is 1. The van der Waals surface area contributed by atoms with E-state index in [9.17, 15) is 4.79 Å². The Morgan fingerprint density at radius 3 is 2.55 bits per heavy atom. The topological polar surface area (TPSA) is 75.3 Å². The molecule has 1 amide bonds. The highest BCUT2D eigenvalue weighted by atomic mass is 79.9. The Morgan fingerprint density at radius 1 is 1.20 bits per heavy atom. The highest BCUT2D eigenvalue weighted by Crippen LogP contribution is 2.27. The molecule has 1 aromatic rings. The van der Waals surface area contributed by atoms with E-state index >= 15 is 0 Å². The molecule has 2 aliphatic heterocycles. The lowest BCUT2D eigenvalue weighted by Gasteiger charge is -2.28. The van der Waals surface area contributed by atoms with Crippen LogP contribution in [-0.4, -0.2) is 40.3 Å². The van der Waals surface area contributed by atoms with Gasteiger partial charge in [0, 0.05) is 36.9 Å². The molecule has 2 aliphatic rings. The summed E-state index contributed by atoms with van der Waals surface area (Å²) in [5.41, 5.74) is 5.82. The second-order valence-electron chi connectivity index (χ2n) is 5.30. The van der Waals surface area contributed by atoms with Crippen LogP contribution in [0.25, 0.3) is 0 Å². The van der Waals surface area contributed by atoms with Crippen molar-refractivity contribution < 1.29 is 4.79 Å². The van der Waals surface area contributed by atoms with Crippen molar-refractivity contribution >= 4 is 39.4 Å². The van der Waals surface area contributed by atoms with Crippen LogP contribution in [-0.2, 0) is 4.79 Å². The number of anilines is 3. The van der Waals surface area contributed by atoms with E-state index in [0.29, 0.717) is 18.8 Å². The maximum Gasteiger partial charge on any atom is 0.229 e. The predicted octanol–water partition coefficient (Wildman–Crippen LogP) is 1.55. The Hall–Kier alpha value is -1.37. The second-order valence-corrected chi connectivity index (χ2v) is 6.59. The van der Waals surface area contributed by atoms with Crippen LogP contribution in [0.5, 0.6) is 0 Å². The number of alkyl halides is 1. The minimum Gasteiger partial charge on any atom is -0.368 e. The first-order valence-electron chi connectivity index (χ1n) is 6.97. The highest BCUT2D eigenvalue weighted by Gasteiger charge is 2.30. The molecule has 1 atom stereocenters. The van der Waals surface area contributed by atoms with E-state index in [1.165, 1.54) is 19.3 Å². The molecule has 3 rings (SSSR count). The van der Waals surface area contributed by atoms with Crippen LogP contribution in [0, 0.1) is 0 Å². The molecule has 1 aromatic heterocycles. The zero-order valence-electron chi connectivity index (χ0n) is 11.3. The van der Waals surface area contributed by atoms with E-state index in [4.69, 9.17) is 5.73 Å². The van der Waals surface area contributed by atoms with Crippen molar-refractivity contribution in [2.75, 3.05) is 35.2 Å². The van der Waals surface area contributed by atoms with Crippen molar-refractivity contribution in [3.05, 3.63) is 6.07 Å². The van der Waals surface area contributed by atoms with Gasteiger partial charge in [0.25, 0.3) is 0 Å². The number of piperidine rings is 1. The molecule has 0 aromatic carbocycles. The molecule has 108 valence electrons. The molecule has 0 spiro atoms. The van der Waals surface area contributed by atoms with Crippen molar-refractivity contribution in [2.45, 2.75) is 30.5 Å². The molecular formula is C13H18BrN5O. The number of aromatic nitrogens is 2. The number of nitrogens with two attached hydrogens (primary N) is 1. The van der Waals surface area contributed by atoms with Crippen LogP contribution >= 0.6 is 15.9 Å². The molecule has 2 fully saturated rings. The molecule has 0 saturated carbocycles. The first-order valence-corrected chi connectivity index (χ1v) is 7.89. The summed E-state index contributed by atoms with van der Waals surface area (Å²) in [7, 11) is 0. The van der Waals surface area contributed by atoms with Gasteiger partial charge in [-0.15, -0.1) is 0 Å². The Morgan fingerprint density at radius 2 is 1.90 bits per heavy atom. The lowest BCUT2D eigenvalue weighted by atomic mass is 10.1. The minimum atomic E-state index is 0.0783. The van der Waals surface area contributed by atoms with E-state index in [-0.39, 0.29) is 16.7 Å². The van der Waals surface area contributed by atoms with Gasteiger partial charge in [0.1, 0.15) is 11.6 Å². The lowest BCUT2D eigenvalue weighted by molar-refractivity contribution is -0.117. The zero-order valence-corrected chi connectivity index (χ0v) is 12.8. The summed E-state index contributed by atoms with van der Waals surface area (Å²) in [6.07, 6.45) is 4.11. The minimum absolute atomic E-state index is 0.0783. The van der Waals surface area contributed by atoms with Crippen LogP contribution in [0.2, 0.25) is 0 Å². The zero-order chi connectivity index (χ0) is 14.1. The van der Waals surface area contributed by atoms with Gasteiger partial charge in [0.05, 0.1) is 0 Å². The molecule has 2 saturated heterocycles. The largest absolute Gasteiger partial charge is 0.368 e. The summed E-state index contributed by atoms with van der Waals surface area (Å²) in [6, 6.07) is 1.88. The standard InChI is InChI=1S/C13H18BrN5O/c14-9-6-12(20)19(8-9)11-7-10(16-13(15)17-11)18-4-2-1-3-5-18/h7,9H,1-6,8H2,(H2,15,16,17). The maximum absolute atomic E-state index is 12.0. The smallest absolute Gasteiger partial charge is 0.229 e. The van der Waals surface area contributed by atoms with Crippen LogP contribution in [0.15, 0.2) is 6.07 Å². The van der Waals surface area contributed by atoms with Gasteiger partial charge in [0.2, 0.25) is 11.9 Å². The quantitative estimate of drug-likeness (QED) is 0.827. The average Bonchev–Trinajstić information content (AvgIpc) is 2.78. The number of carbonyl (C=O) groups is 1. The molecule has 0 aliphatic carbocycles. The molecule has 2 N–H and O–H groups in total. The fourth-order valence-corrected chi connectivity index (χ4v) is 3.31. The fourth-order valence-electron chi connectivity index (χ4n) is 2.75. The number of amides is 1. The fraction of sp³-hybridized carbons (Fsp3) is 0.615. The second kappa shape index (κ2) is 5.55. The van der Waals surface area contributed by atoms with Crippen molar-refractivity contribution in [3.8, 4) is 0 Å². The molecule has 0 bridgehead atoms. The Bertz CT molecular complexity index is 517. The molecule has 20 heavy (non-hydrogen) atoms. The molecular weight excluding hydrogens is 322 g/mol. The van der Waals surface area contributed by atoms with Crippen LogP contribution < -0.4 is 15.5 Å². The normalized spacial score (nSPS) is 23.4. The summed E-state index contributed by atoms with van der Waals surface area (Å²) < 4.78 is 0. The molecule has 7 heteroatoms. The molecule has 0 radical (unpaired) electrons. The molecule has 1 unspecified atom stereocenters. The monoisotopic (exact) mass is 339 g/mol. The molecule has 6 nitrogen and oxygen atoms in total. The van der Waals surface area contributed by atoms with Crippen LogP contribution in [0.3, 0.4) is 0 Å². The summed E-state index contributed by atoms with van der Waals surface area (Å²) in [6.45, 7) is 2.62. The van der Waals surface area contributed by atoms with E-state index in [0.717, 1.165) is 18.9 Å². The number of nitrogens with zero attached hydrogens (tertiary/aromatic N) is 4. The van der Waals surface area contributed by atoms with Crippen molar-refractivity contribution in [3.63, 3.8) is 0 Å². The average molecular weight is 340 g/mol. The van der Waals surface area contributed by atoms with Gasteiger partial charge in [-0.2, -0.15) is 9.97 Å². The number of rotatable bonds is 2. The van der Waals surface area contributed by atoms with Crippen molar-refractivity contribution in [1.82, 2.24) is 9.97 Å². The van der Waals surface area contributed by atoms with E-state index in [1.54, 1.807) is 4.90 Å². The van der Waals surface area contributed by atoms with Crippen LogP contribution in [0.1, 0.15) is 25.7 Å². The summed E-state index contributed by atoms with van der Waals surface area (Å²) >= 11 is 3.48. The Kier molecular flexibility index (Phi) is 3.78. The van der Waals surface area contributed by atoms with Gasteiger partial charge in [0.15, 0.2) is 0 Å². The number of nitrogen functional groups attached to an aromatic ring is 1. The number of hydrogen-bond donors (Lipinski definition) is 1. The van der Waals surface area contributed by atoms with Crippen molar-refractivity contribution in [2.24, 2.45) is 0 Å². The van der Waals surface area contributed by atoms with Crippen molar-refractivity contribution in [1.29, 1.82) is 0 Å². The van der Waals surface area contributed by atoms with Gasteiger partial charge >= 0.3 is 0 Å². The third-order valence-corrected chi connectivity index (χ3v) is 4.36. The molecule has 3 heterocycles. The maximum atomic E-state index is 12.0. The Labute approximate surface area is 126 Å². The van der Waals surface area contributed by atoms with Gasteiger partial charge in [-0.1, -0.05) is 15.9 Å². The number of hydrogen-bond acceptors (Lipinski definition) is 5. The van der Waals surface area contributed by atoms with Gasteiger partial charge in [-0.3, -0.25) is 9.69 Å². The van der Waals surface area contributed by atoms with Gasteiger partial charge in [-0.05, 0) is 19.3 Å². The van der Waals surface area contributed by atoms with E-state index in [2.05, 4.69) is 30.8 Å². The van der Waals surface area contributed by atoms with Crippen LogP contribution in [0.4, 0.5) is 17.6 Å². The lowest BCUT2D eigenvalue weighted by Crippen LogP contribution is -2.31. The van der Waals surface area contributed by atoms with E-state index in [1.807, 2.05) is 6.07 Å². The Balaban J connectivity index is 1.88. The number of carbonyl (C=O) groups excluding carboxylic acids is 1. The van der Waals surface area contributed by atoms with Gasteiger partial charge in [-0.25, -0.2) is 0 Å². The van der Waals surface area contributed by atoms with Gasteiger partial charge < -0.3 is 10.6 Å². The third kappa shape index (κ3) is 2.72. The summed E-state index contributed by atoms with van der Waals surface area (Å²) in [5.74, 6) is 1.76. The highest BCUT2D eigenvalue weighted by molar-refractivity contribution is 9.09. The SMILES string of the molecule is Nc1nc(N2CCCCC2)cc(N2CC(Br)CC2=O)n1. The van der Waals surface area contributed by atoms with E-state index < -0.39 is 0 Å². The summed E-state index contributed by atoms with van der Waals surface area (Å²) in [4.78, 5) is 24.6.